The van der Waals surface area contributed by atoms with E-state index in [0.717, 1.165) is 29.1 Å². The number of rotatable bonds is 2. The van der Waals surface area contributed by atoms with Crippen molar-refractivity contribution < 1.29 is 5.11 Å². The maximum absolute atomic E-state index is 9.03. The van der Waals surface area contributed by atoms with E-state index in [1.54, 1.807) is 0 Å². The maximum Gasteiger partial charge on any atom is 0.159 e. The number of benzene rings is 1. The lowest BCUT2D eigenvalue weighted by molar-refractivity contribution is 0.282. The third-order valence-corrected chi connectivity index (χ3v) is 2.55. The van der Waals surface area contributed by atoms with Crippen LogP contribution in [0.1, 0.15) is 16.8 Å². The molecule has 74 valence electrons. The second kappa shape index (κ2) is 3.14. The molecule has 0 unspecified atom stereocenters. The van der Waals surface area contributed by atoms with Crippen molar-refractivity contribution in [2.24, 2.45) is 0 Å². The first kappa shape index (κ1) is 8.56. The molecule has 0 fully saturated rings. The number of hydrogen-bond donors (Lipinski definition) is 1. The molecular formula is C12H10N2O. The molecule has 3 nitrogen and oxygen atoms in total. The van der Waals surface area contributed by atoms with Gasteiger partial charge in [0.05, 0.1) is 12.3 Å². The Labute approximate surface area is 87.4 Å². The van der Waals surface area contributed by atoms with Gasteiger partial charge in [-0.05, 0) is 17.2 Å². The molecule has 2 aromatic rings. The van der Waals surface area contributed by atoms with Crippen LogP contribution in [-0.4, -0.2) is 15.1 Å². The average molecular weight is 198 g/mol. The highest BCUT2D eigenvalue weighted by Gasteiger charge is 2.19. The van der Waals surface area contributed by atoms with Crippen molar-refractivity contribution in [3.05, 3.63) is 47.3 Å². The normalized spacial score (nSPS) is 12.3. The molecule has 0 atom stereocenters. The Hall–Kier alpha value is -1.74. The zero-order valence-electron chi connectivity index (χ0n) is 8.14. The quantitative estimate of drug-likeness (QED) is 0.679. The fraction of sp³-hybridized carbons (Fsp3) is 0.167. The van der Waals surface area contributed by atoms with Crippen molar-refractivity contribution in [2.45, 2.75) is 13.0 Å². The van der Waals surface area contributed by atoms with E-state index in [0.29, 0.717) is 0 Å². The summed E-state index contributed by atoms with van der Waals surface area (Å²) in [4.78, 5) is 8.70. The van der Waals surface area contributed by atoms with E-state index >= 15 is 0 Å². The lowest BCUT2D eigenvalue weighted by atomic mass is 10.1. The van der Waals surface area contributed by atoms with Crippen LogP contribution < -0.4 is 0 Å². The van der Waals surface area contributed by atoms with Gasteiger partial charge < -0.3 is 5.11 Å². The number of aliphatic hydroxyl groups excluding tert-OH is 1. The minimum Gasteiger partial charge on any atom is -0.392 e. The summed E-state index contributed by atoms with van der Waals surface area (Å²) in [5.41, 5.74) is 4.25. The fourth-order valence-electron chi connectivity index (χ4n) is 1.61. The highest BCUT2D eigenvalue weighted by atomic mass is 16.3. The van der Waals surface area contributed by atoms with Gasteiger partial charge in [-0.15, -0.1) is 0 Å². The van der Waals surface area contributed by atoms with Gasteiger partial charge in [-0.3, -0.25) is 0 Å². The third-order valence-electron chi connectivity index (χ3n) is 2.55. The van der Waals surface area contributed by atoms with Gasteiger partial charge in [0.15, 0.2) is 5.82 Å². The van der Waals surface area contributed by atoms with E-state index in [1.165, 1.54) is 5.56 Å². The van der Waals surface area contributed by atoms with Crippen molar-refractivity contribution in [2.75, 3.05) is 0 Å². The summed E-state index contributed by atoms with van der Waals surface area (Å²) in [7, 11) is 0. The Kier molecular flexibility index (Phi) is 1.79. The summed E-state index contributed by atoms with van der Waals surface area (Å²) in [6.45, 7) is 0.0543. The first-order chi connectivity index (χ1) is 7.36. The van der Waals surface area contributed by atoms with Crippen LogP contribution in [0.3, 0.4) is 0 Å². The van der Waals surface area contributed by atoms with Crippen molar-refractivity contribution >= 4 is 0 Å². The largest absolute Gasteiger partial charge is 0.392 e. The molecule has 1 aliphatic carbocycles. The lowest BCUT2D eigenvalue weighted by Gasteiger charge is -2.00. The van der Waals surface area contributed by atoms with Crippen LogP contribution in [0.4, 0.5) is 0 Å². The van der Waals surface area contributed by atoms with Crippen LogP contribution >= 0.6 is 0 Å². The molecule has 0 saturated carbocycles. The predicted molar refractivity (Wildman–Crippen MR) is 56.2 cm³/mol. The summed E-state index contributed by atoms with van der Waals surface area (Å²) in [6, 6.07) is 7.68. The first-order valence-corrected chi connectivity index (χ1v) is 4.92. The van der Waals surface area contributed by atoms with Crippen molar-refractivity contribution in [3.8, 4) is 11.4 Å². The van der Waals surface area contributed by atoms with E-state index in [1.807, 2.05) is 30.5 Å². The van der Waals surface area contributed by atoms with Gasteiger partial charge in [0.2, 0.25) is 0 Å². The van der Waals surface area contributed by atoms with E-state index in [4.69, 9.17) is 5.11 Å². The molecule has 1 N–H and O–H groups in total. The number of aromatic nitrogens is 2. The SMILES string of the molecule is OCc1cccc(-c2ncc3c(n2)C3)c1. The zero-order valence-corrected chi connectivity index (χ0v) is 8.14. The molecule has 1 aromatic carbocycles. The highest BCUT2D eigenvalue weighted by molar-refractivity contribution is 5.57. The molecule has 0 spiro atoms. The Bertz CT molecular complexity index is 523. The van der Waals surface area contributed by atoms with Crippen LogP contribution in [0.25, 0.3) is 11.4 Å². The Morgan fingerprint density at radius 3 is 3.07 bits per heavy atom. The maximum atomic E-state index is 9.03. The van der Waals surface area contributed by atoms with E-state index < -0.39 is 0 Å². The van der Waals surface area contributed by atoms with Gasteiger partial charge in [-0.1, -0.05) is 18.2 Å². The van der Waals surface area contributed by atoms with Gasteiger partial charge in [0, 0.05) is 18.2 Å². The average Bonchev–Trinajstić information content (AvgIpc) is 3.07. The van der Waals surface area contributed by atoms with Crippen LogP contribution in [0.2, 0.25) is 0 Å². The molecule has 3 rings (SSSR count). The van der Waals surface area contributed by atoms with Crippen LogP contribution in [-0.2, 0) is 13.0 Å². The topological polar surface area (TPSA) is 46.0 Å². The van der Waals surface area contributed by atoms with Gasteiger partial charge >= 0.3 is 0 Å². The predicted octanol–water partition coefficient (Wildman–Crippen LogP) is 1.54. The Morgan fingerprint density at radius 2 is 2.27 bits per heavy atom. The Balaban J connectivity index is 2.05. The molecular weight excluding hydrogens is 188 g/mol. The van der Waals surface area contributed by atoms with Crippen LogP contribution in [0.15, 0.2) is 30.5 Å². The number of nitrogens with zero attached hydrogens (tertiary/aromatic N) is 2. The van der Waals surface area contributed by atoms with Crippen LogP contribution in [0, 0.1) is 0 Å². The first-order valence-electron chi connectivity index (χ1n) is 4.92. The molecule has 1 heterocycles. The van der Waals surface area contributed by atoms with E-state index in [-0.39, 0.29) is 6.61 Å². The molecule has 1 aliphatic rings. The molecule has 0 radical (unpaired) electrons. The van der Waals surface area contributed by atoms with Crippen molar-refractivity contribution in [1.29, 1.82) is 0 Å². The van der Waals surface area contributed by atoms with Gasteiger partial charge in [-0.2, -0.15) is 0 Å². The smallest absolute Gasteiger partial charge is 0.159 e. The summed E-state index contributed by atoms with van der Waals surface area (Å²) in [5.74, 6) is 0.751. The van der Waals surface area contributed by atoms with E-state index in [9.17, 15) is 0 Å². The van der Waals surface area contributed by atoms with Crippen molar-refractivity contribution in [1.82, 2.24) is 9.97 Å². The molecule has 0 aliphatic heterocycles. The highest BCUT2D eigenvalue weighted by Crippen LogP contribution is 2.27. The lowest BCUT2D eigenvalue weighted by Crippen LogP contribution is -1.89. The summed E-state index contributed by atoms with van der Waals surface area (Å²) in [6.07, 6.45) is 2.86. The summed E-state index contributed by atoms with van der Waals surface area (Å²) in [5, 5.41) is 9.03. The second-order valence-corrected chi connectivity index (χ2v) is 3.70. The number of fused-ring (bicyclic) bond motifs is 1. The number of hydrogen-bond acceptors (Lipinski definition) is 3. The van der Waals surface area contributed by atoms with Gasteiger partial charge in [0.25, 0.3) is 0 Å². The molecule has 0 amide bonds. The molecule has 0 saturated heterocycles. The zero-order chi connectivity index (χ0) is 10.3. The standard InChI is InChI=1S/C12H10N2O/c15-7-8-2-1-3-9(4-8)12-13-6-10-5-11(10)14-12/h1-4,6,15H,5,7H2. The third kappa shape index (κ3) is 1.51. The molecule has 0 bridgehead atoms. The molecule has 3 heteroatoms. The summed E-state index contributed by atoms with van der Waals surface area (Å²) >= 11 is 0. The van der Waals surface area contributed by atoms with E-state index in [2.05, 4.69) is 9.97 Å². The summed E-state index contributed by atoms with van der Waals surface area (Å²) < 4.78 is 0. The number of aliphatic hydroxyl groups is 1. The van der Waals surface area contributed by atoms with Crippen LogP contribution in [0.5, 0.6) is 0 Å². The van der Waals surface area contributed by atoms with Gasteiger partial charge in [0.1, 0.15) is 0 Å². The minimum atomic E-state index is 0.0543. The fourth-order valence-corrected chi connectivity index (χ4v) is 1.61. The van der Waals surface area contributed by atoms with Crippen molar-refractivity contribution in [3.63, 3.8) is 0 Å². The monoisotopic (exact) mass is 198 g/mol. The minimum absolute atomic E-state index is 0.0543. The molecule has 15 heavy (non-hydrogen) atoms. The Morgan fingerprint density at radius 1 is 1.33 bits per heavy atom. The molecule has 1 aromatic heterocycles. The van der Waals surface area contributed by atoms with Gasteiger partial charge in [-0.25, -0.2) is 9.97 Å². The second-order valence-electron chi connectivity index (χ2n) is 3.70.